The topological polar surface area (TPSA) is 63.7 Å². The first-order chi connectivity index (χ1) is 15.6. The van der Waals surface area contributed by atoms with E-state index in [2.05, 4.69) is 20.8 Å². The molecule has 0 saturated heterocycles. The third-order valence-corrected chi connectivity index (χ3v) is 8.06. The number of hydrogen-bond donors (Lipinski definition) is 0. The lowest BCUT2D eigenvalue weighted by atomic mass is 9.87. The second kappa shape index (κ2) is 8.84. The van der Waals surface area contributed by atoms with Crippen LogP contribution >= 0.6 is 11.6 Å². The van der Waals surface area contributed by atoms with Crippen LogP contribution in [0.5, 0.6) is 0 Å². The lowest BCUT2D eigenvalue weighted by molar-refractivity contribution is 0.0472. The number of nitrogens with zero attached hydrogens (tertiary/aromatic N) is 1. The van der Waals surface area contributed by atoms with Gasteiger partial charge in [0, 0.05) is 6.54 Å². The molecular weight excluding hydrogens is 458 g/mol. The third-order valence-electron chi connectivity index (χ3n) is 5.77. The van der Waals surface area contributed by atoms with Crippen molar-refractivity contribution in [3.05, 3.63) is 94.0 Å². The number of benzene rings is 3. The Morgan fingerprint density at radius 1 is 1.03 bits per heavy atom. The van der Waals surface area contributed by atoms with Gasteiger partial charge in [-0.15, -0.1) is 0 Å². The number of para-hydroxylation sites is 1. The minimum Gasteiger partial charge on any atom is -0.457 e. The minimum atomic E-state index is -3.93. The van der Waals surface area contributed by atoms with E-state index in [0.717, 1.165) is 11.1 Å². The maximum Gasteiger partial charge on any atom is 0.338 e. The zero-order chi connectivity index (χ0) is 23.8. The fourth-order valence-corrected chi connectivity index (χ4v) is 5.84. The van der Waals surface area contributed by atoms with Gasteiger partial charge in [-0.2, -0.15) is 0 Å². The SMILES string of the molecule is CC(C)(C)c1ccc(COC(=O)c2ccc(Cl)c(S(=O)(=O)N3CCc4ccccc43)c2)cc1. The Hall–Kier alpha value is -2.83. The highest BCUT2D eigenvalue weighted by Crippen LogP contribution is 2.35. The number of hydrogen-bond acceptors (Lipinski definition) is 4. The number of halogens is 1. The predicted molar refractivity (Wildman–Crippen MR) is 130 cm³/mol. The highest BCUT2D eigenvalue weighted by atomic mass is 35.5. The number of carbonyl (C=O) groups is 1. The Bertz CT molecular complexity index is 1290. The van der Waals surface area contributed by atoms with E-state index in [0.29, 0.717) is 18.7 Å². The van der Waals surface area contributed by atoms with Crippen molar-refractivity contribution >= 4 is 33.3 Å². The maximum absolute atomic E-state index is 13.4. The largest absolute Gasteiger partial charge is 0.457 e. The first-order valence-electron chi connectivity index (χ1n) is 10.7. The molecule has 1 aliphatic heterocycles. The molecule has 1 aliphatic rings. The number of esters is 1. The molecule has 3 aromatic carbocycles. The molecule has 0 N–H and O–H groups in total. The molecule has 0 aliphatic carbocycles. The van der Waals surface area contributed by atoms with Gasteiger partial charge in [-0.05, 0) is 52.8 Å². The van der Waals surface area contributed by atoms with Gasteiger partial charge in [0.15, 0.2) is 0 Å². The van der Waals surface area contributed by atoms with E-state index in [-0.39, 0.29) is 27.5 Å². The van der Waals surface area contributed by atoms with Crippen molar-refractivity contribution in [3.8, 4) is 0 Å². The molecule has 4 rings (SSSR count). The minimum absolute atomic E-state index is 0.0380. The van der Waals surface area contributed by atoms with Crippen LogP contribution in [0.1, 0.15) is 47.8 Å². The van der Waals surface area contributed by atoms with Gasteiger partial charge >= 0.3 is 5.97 Å². The number of fused-ring (bicyclic) bond motifs is 1. The van der Waals surface area contributed by atoms with Gasteiger partial charge in [0.1, 0.15) is 11.5 Å². The second-order valence-corrected chi connectivity index (χ2v) is 11.4. The Labute approximate surface area is 200 Å². The zero-order valence-electron chi connectivity index (χ0n) is 18.8. The summed E-state index contributed by atoms with van der Waals surface area (Å²) in [4.78, 5) is 12.6. The number of ether oxygens (including phenoxy) is 1. The molecule has 5 nitrogen and oxygen atoms in total. The van der Waals surface area contributed by atoms with E-state index in [9.17, 15) is 13.2 Å². The summed E-state index contributed by atoms with van der Waals surface area (Å²) in [7, 11) is -3.93. The molecule has 0 spiro atoms. The first kappa shape index (κ1) is 23.3. The molecular formula is C26H26ClNO4S. The van der Waals surface area contributed by atoms with Crippen LogP contribution in [-0.2, 0) is 33.2 Å². The summed E-state index contributed by atoms with van der Waals surface area (Å²) in [5, 5.41) is 0.0636. The number of rotatable bonds is 5. The van der Waals surface area contributed by atoms with E-state index >= 15 is 0 Å². The molecule has 33 heavy (non-hydrogen) atoms. The second-order valence-electron chi connectivity index (χ2n) is 9.12. The highest BCUT2D eigenvalue weighted by Gasteiger charge is 2.32. The number of anilines is 1. The number of sulfonamides is 1. The van der Waals surface area contributed by atoms with Gasteiger partial charge in [0.2, 0.25) is 0 Å². The fraction of sp³-hybridized carbons (Fsp3) is 0.269. The summed E-state index contributed by atoms with van der Waals surface area (Å²) in [6.45, 7) is 6.82. The van der Waals surface area contributed by atoms with E-state index in [4.69, 9.17) is 16.3 Å². The van der Waals surface area contributed by atoms with Crippen molar-refractivity contribution in [3.63, 3.8) is 0 Å². The molecule has 0 unspecified atom stereocenters. The highest BCUT2D eigenvalue weighted by molar-refractivity contribution is 7.93. The predicted octanol–water partition coefficient (Wildman–Crippen LogP) is 5.75. The molecule has 7 heteroatoms. The standard InChI is InChI=1S/C26H26ClNO4S/c1-26(2,3)21-11-8-18(9-12-21)17-32-25(29)20-10-13-22(27)24(16-20)33(30,31)28-15-14-19-6-4-5-7-23(19)28/h4-13,16H,14-15,17H2,1-3H3. The molecule has 1 heterocycles. The van der Waals surface area contributed by atoms with Crippen molar-refractivity contribution in [2.75, 3.05) is 10.8 Å². The molecule has 0 amide bonds. The van der Waals surface area contributed by atoms with Crippen LogP contribution in [0.3, 0.4) is 0 Å². The molecule has 0 aromatic heterocycles. The van der Waals surface area contributed by atoms with Crippen molar-refractivity contribution in [2.45, 2.75) is 44.1 Å². The van der Waals surface area contributed by atoms with Crippen molar-refractivity contribution < 1.29 is 17.9 Å². The van der Waals surface area contributed by atoms with E-state index in [1.807, 2.05) is 36.4 Å². The third kappa shape index (κ3) is 4.77. The van der Waals surface area contributed by atoms with Gasteiger partial charge in [0.25, 0.3) is 10.0 Å². The normalized spacial score (nSPS) is 13.6. The molecule has 0 atom stereocenters. The van der Waals surface area contributed by atoms with Gasteiger partial charge < -0.3 is 4.74 Å². The van der Waals surface area contributed by atoms with Crippen LogP contribution in [-0.4, -0.2) is 20.9 Å². The Morgan fingerprint density at radius 3 is 2.42 bits per heavy atom. The van der Waals surface area contributed by atoms with Gasteiger partial charge in [0.05, 0.1) is 16.3 Å². The summed E-state index contributed by atoms with van der Waals surface area (Å²) < 4.78 is 33.5. The Balaban J connectivity index is 1.53. The summed E-state index contributed by atoms with van der Waals surface area (Å²) in [5.74, 6) is -0.607. The average Bonchev–Trinajstić information content (AvgIpc) is 3.22. The van der Waals surface area contributed by atoms with Gasteiger partial charge in [-0.1, -0.05) is 74.8 Å². The lowest BCUT2D eigenvalue weighted by Crippen LogP contribution is -2.29. The van der Waals surface area contributed by atoms with Crippen molar-refractivity contribution in [1.82, 2.24) is 0 Å². The van der Waals surface area contributed by atoms with Crippen LogP contribution in [0.15, 0.2) is 71.6 Å². The van der Waals surface area contributed by atoms with E-state index in [1.54, 1.807) is 12.1 Å². The van der Waals surface area contributed by atoms with Crippen LogP contribution in [0.2, 0.25) is 5.02 Å². The molecule has 0 bridgehead atoms. The summed E-state index contributed by atoms with van der Waals surface area (Å²) in [6.07, 6.45) is 0.628. The van der Waals surface area contributed by atoms with E-state index in [1.165, 1.54) is 28.1 Å². The zero-order valence-corrected chi connectivity index (χ0v) is 20.4. The maximum atomic E-state index is 13.4. The van der Waals surface area contributed by atoms with E-state index < -0.39 is 16.0 Å². The smallest absolute Gasteiger partial charge is 0.338 e. The average molecular weight is 484 g/mol. The summed E-state index contributed by atoms with van der Waals surface area (Å²) in [6, 6.07) is 19.5. The van der Waals surface area contributed by atoms with Gasteiger partial charge in [-0.3, -0.25) is 4.31 Å². The van der Waals surface area contributed by atoms with Crippen LogP contribution in [0.25, 0.3) is 0 Å². The summed E-state index contributed by atoms with van der Waals surface area (Å²) >= 11 is 6.26. The van der Waals surface area contributed by atoms with Crippen LogP contribution in [0, 0.1) is 0 Å². The fourth-order valence-electron chi connectivity index (χ4n) is 3.84. The van der Waals surface area contributed by atoms with Crippen LogP contribution < -0.4 is 4.31 Å². The molecule has 3 aromatic rings. The number of carbonyl (C=O) groups excluding carboxylic acids is 1. The quantitative estimate of drug-likeness (QED) is 0.434. The summed E-state index contributed by atoms with van der Waals surface area (Å²) in [5.41, 5.74) is 3.82. The lowest BCUT2D eigenvalue weighted by Gasteiger charge is -2.20. The first-order valence-corrected chi connectivity index (χ1v) is 12.6. The van der Waals surface area contributed by atoms with Gasteiger partial charge in [-0.25, -0.2) is 13.2 Å². The monoisotopic (exact) mass is 483 g/mol. The molecule has 0 radical (unpaired) electrons. The van der Waals surface area contributed by atoms with Crippen molar-refractivity contribution in [2.24, 2.45) is 0 Å². The Kier molecular flexibility index (Phi) is 6.25. The van der Waals surface area contributed by atoms with Crippen molar-refractivity contribution in [1.29, 1.82) is 0 Å². The van der Waals surface area contributed by atoms with Crippen LogP contribution in [0.4, 0.5) is 5.69 Å². The molecule has 0 fully saturated rings. The molecule has 0 saturated carbocycles. The Morgan fingerprint density at radius 2 is 1.73 bits per heavy atom. The molecule has 172 valence electrons.